The number of alkyl halides is 6. The summed E-state index contributed by atoms with van der Waals surface area (Å²) in [5, 5.41) is 13.9. The van der Waals surface area contributed by atoms with Crippen LogP contribution >= 0.6 is 0 Å². The predicted octanol–water partition coefficient (Wildman–Crippen LogP) is 19.5. The normalized spacial score (nSPS) is 11.9. The molecule has 11 aromatic carbocycles. The van der Waals surface area contributed by atoms with Gasteiger partial charge in [-0.25, -0.2) is 29.9 Å². The topological polar surface area (TPSA) is 111 Å². The largest absolute Gasteiger partial charge is 0.417 e. The number of rotatable bonds is 10. The van der Waals surface area contributed by atoms with Gasteiger partial charge in [-0.05, 0) is 96.6 Å². The van der Waals surface area contributed by atoms with E-state index in [-0.39, 0.29) is 16.7 Å². The van der Waals surface area contributed by atoms with Crippen molar-refractivity contribution in [1.29, 1.82) is 5.26 Å². The third-order valence-electron chi connectivity index (χ3n) is 16.1. The Hall–Kier alpha value is -11.9. The number of nitrogens with zero attached hydrogens (tertiary/aromatic N) is 9. The lowest BCUT2D eigenvalue weighted by Crippen LogP contribution is -2.14. The van der Waals surface area contributed by atoms with Crippen LogP contribution in [0.25, 0.3) is 146 Å². The molecule has 15 heteroatoms. The highest BCUT2D eigenvalue weighted by atomic mass is 19.4. The van der Waals surface area contributed by atoms with E-state index in [1.807, 2.05) is 215 Å². The van der Waals surface area contributed by atoms with Gasteiger partial charge in [0.05, 0.1) is 56.2 Å². The SMILES string of the molecule is N#Cc1ccc(-n2c3ccccc3c3cc(-c4nc(-c5ccccc5)nc(-c5ccccc5)n4)ccc32)c(-c2cc(-c3c(C(F)(F)F)cccc3C(F)(F)F)ccc2-n2c3ccccc3c3cc(-c4nc(-c5ccccc5)nc(-c5ccccc5)n4)ccc32)c1. The van der Waals surface area contributed by atoms with E-state index >= 15 is 26.3 Å². The van der Waals surface area contributed by atoms with Crippen molar-refractivity contribution in [3.63, 3.8) is 0 Å². The van der Waals surface area contributed by atoms with E-state index in [4.69, 9.17) is 29.9 Å². The lowest BCUT2D eigenvalue weighted by molar-refractivity contribution is -0.142. The molecule has 0 bridgehead atoms. The van der Waals surface area contributed by atoms with Gasteiger partial charge in [-0.3, -0.25) is 0 Å². The van der Waals surface area contributed by atoms with E-state index in [1.54, 1.807) is 24.3 Å². The van der Waals surface area contributed by atoms with Gasteiger partial charge in [0.2, 0.25) is 0 Å². The maximum atomic E-state index is 15.3. The first kappa shape index (κ1) is 54.7. The van der Waals surface area contributed by atoms with Crippen LogP contribution in [-0.4, -0.2) is 39.0 Å². The van der Waals surface area contributed by atoms with Crippen LogP contribution in [0.2, 0.25) is 0 Å². The fraction of sp³-hybridized carbons (Fsp3) is 0.0267. The Labute approximate surface area is 509 Å². The smallest absolute Gasteiger partial charge is 0.309 e. The molecular weight excluding hydrogens is 1140 g/mol. The predicted molar refractivity (Wildman–Crippen MR) is 340 cm³/mol. The quantitative estimate of drug-likeness (QED) is 0.125. The highest BCUT2D eigenvalue weighted by Gasteiger charge is 2.41. The average Bonchev–Trinajstić information content (AvgIpc) is 1.55. The molecule has 4 aromatic heterocycles. The molecule has 4 heterocycles. The molecule has 0 aliphatic carbocycles. The van der Waals surface area contributed by atoms with Crippen molar-refractivity contribution in [2.75, 3.05) is 0 Å². The van der Waals surface area contributed by atoms with Gasteiger partial charge in [0.25, 0.3) is 0 Å². The van der Waals surface area contributed by atoms with Crippen molar-refractivity contribution >= 4 is 43.6 Å². The van der Waals surface area contributed by atoms with Gasteiger partial charge < -0.3 is 9.13 Å². The summed E-state index contributed by atoms with van der Waals surface area (Å²) in [6.45, 7) is 0. The van der Waals surface area contributed by atoms with Gasteiger partial charge in [-0.15, -0.1) is 0 Å². The van der Waals surface area contributed by atoms with Gasteiger partial charge in [0.1, 0.15) is 0 Å². The summed E-state index contributed by atoms with van der Waals surface area (Å²) in [7, 11) is 0. The second-order valence-corrected chi connectivity index (χ2v) is 21.5. The van der Waals surface area contributed by atoms with E-state index in [0.29, 0.717) is 97.2 Å². The molecule has 0 spiro atoms. The molecule has 0 radical (unpaired) electrons. The zero-order valence-electron chi connectivity index (χ0n) is 47.1. The van der Waals surface area contributed by atoms with Crippen LogP contribution in [0.3, 0.4) is 0 Å². The van der Waals surface area contributed by atoms with Gasteiger partial charge in [0, 0.05) is 71.6 Å². The van der Waals surface area contributed by atoms with Crippen LogP contribution in [0, 0.1) is 11.3 Å². The van der Waals surface area contributed by atoms with Crippen molar-refractivity contribution < 1.29 is 26.3 Å². The molecule has 0 aliphatic rings. The molecule has 0 fully saturated rings. The third kappa shape index (κ3) is 9.73. The Morgan fingerprint density at radius 3 is 1.01 bits per heavy atom. The Balaban J connectivity index is 0.978. The summed E-state index contributed by atoms with van der Waals surface area (Å²) in [4.78, 5) is 29.8. The number of hydrogen-bond acceptors (Lipinski definition) is 7. The van der Waals surface area contributed by atoms with E-state index < -0.39 is 29.0 Å². The molecule has 9 nitrogen and oxygen atoms in total. The fourth-order valence-electron chi connectivity index (χ4n) is 12.1. The van der Waals surface area contributed by atoms with Crippen molar-refractivity contribution in [1.82, 2.24) is 39.0 Å². The highest BCUT2D eigenvalue weighted by Crippen LogP contribution is 2.48. The van der Waals surface area contributed by atoms with Crippen LogP contribution in [0.15, 0.2) is 261 Å². The van der Waals surface area contributed by atoms with Crippen molar-refractivity contribution in [3.8, 4) is 108 Å². The van der Waals surface area contributed by atoms with Gasteiger partial charge >= 0.3 is 12.4 Å². The summed E-state index contributed by atoms with van der Waals surface area (Å²) in [6, 6.07) is 79.0. The first-order valence-electron chi connectivity index (χ1n) is 28.6. The molecule has 0 unspecified atom stereocenters. The van der Waals surface area contributed by atoms with Crippen LogP contribution in [0.4, 0.5) is 26.3 Å². The zero-order chi connectivity index (χ0) is 61.3. The van der Waals surface area contributed by atoms with Gasteiger partial charge in [-0.2, -0.15) is 31.6 Å². The first-order chi connectivity index (χ1) is 43.8. The molecule has 15 aromatic rings. The lowest BCUT2D eigenvalue weighted by Gasteiger charge is -2.22. The molecule has 15 rings (SSSR count). The van der Waals surface area contributed by atoms with E-state index in [1.165, 1.54) is 12.1 Å². The van der Waals surface area contributed by atoms with Gasteiger partial charge in [0.15, 0.2) is 34.9 Å². The zero-order valence-corrected chi connectivity index (χ0v) is 47.1. The number of nitriles is 1. The third-order valence-corrected chi connectivity index (χ3v) is 16.1. The minimum absolute atomic E-state index is 0.187. The standard InChI is InChI=1S/C75H43F6N9/c76-74(77,78)59-28-17-29-60(75(79,80)81)67(59)50-33-37-66(90-62-31-16-14-27-54(62)57-43-52(35-39-65(57)90)73-87-70(48-22-9-3-10-23-48)84-71(88-73)49-24-11-4-12-25-49)58(41-50)55-40-45(44-82)32-36-63(55)89-61-30-15-13-26-53(61)56-42-51(34-38-64(56)89)72-85-68(46-18-5-1-6-19-46)83-69(86-72)47-20-7-2-8-21-47/h1-43H. The first-order valence-corrected chi connectivity index (χ1v) is 28.6. The number of fused-ring (bicyclic) bond motifs is 6. The fourth-order valence-corrected chi connectivity index (χ4v) is 12.1. The molecule has 430 valence electrons. The molecule has 0 aliphatic heterocycles. The Morgan fingerprint density at radius 2 is 0.622 bits per heavy atom. The van der Waals surface area contributed by atoms with Crippen molar-refractivity contribution in [3.05, 3.63) is 278 Å². The molecule has 0 atom stereocenters. The number of halogens is 6. The number of aromatic nitrogens is 8. The second-order valence-electron chi connectivity index (χ2n) is 21.5. The van der Waals surface area contributed by atoms with Crippen LogP contribution < -0.4 is 0 Å². The maximum Gasteiger partial charge on any atom is 0.417 e. The summed E-state index contributed by atoms with van der Waals surface area (Å²) < 4.78 is 95.7. The van der Waals surface area contributed by atoms with E-state index in [2.05, 4.69) is 6.07 Å². The minimum Gasteiger partial charge on any atom is -0.309 e. The monoisotopic (exact) mass is 1180 g/mol. The summed E-state index contributed by atoms with van der Waals surface area (Å²) in [5.74, 6) is 2.69. The highest BCUT2D eigenvalue weighted by molar-refractivity contribution is 6.13. The molecule has 0 saturated heterocycles. The number of benzene rings is 11. The van der Waals surface area contributed by atoms with E-state index in [0.717, 1.165) is 49.9 Å². The molecule has 90 heavy (non-hydrogen) atoms. The summed E-state index contributed by atoms with van der Waals surface area (Å²) in [5.41, 5.74) is 4.54. The molecule has 0 saturated carbocycles. The number of hydrogen-bond donors (Lipinski definition) is 0. The lowest BCUT2D eigenvalue weighted by atomic mass is 9.90. The maximum absolute atomic E-state index is 15.3. The van der Waals surface area contributed by atoms with Crippen molar-refractivity contribution in [2.45, 2.75) is 12.4 Å². The average molecular weight is 1180 g/mol. The molecule has 0 amide bonds. The number of para-hydroxylation sites is 2. The van der Waals surface area contributed by atoms with Crippen molar-refractivity contribution in [2.24, 2.45) is 0 Å². The summed E-state index contributed by atoms with van der Waals surface area (Å²) in [6.07, 6.45) is -10.4. The van der Waals surface area contributed by atoms with E-state index in [9.17, 15) is 5.26 Å². The Bertz CT molecular complexity index is 5200. The minimum atomic E-state index is -5.19. The van der Waals surface area contributed by atoms with Crippen LogP contribution in [-0.2, 0) is 12.4 Å². The van der Waals surface area contributed by atoms with Crippen LogP contribution in [0.5, 0.6) is 0 Å². The summed E-state index contributed by atoms with van der Waals surface area (Å²) >= 11 is 0. The Kier molecular flexibility index (Phi) is 13.3. The van der Waals surface area contributed by atoms with Gasteiger partial charge in [-0.1, -0.05) is 170 Å². The second kappa shape index (κ2) is 21.8. The molecular formula is C75H43F6N9. The molecule has 0 N–H and O–H groups in total. The Morgan fingerprint density at radius 1 is 0.289 bits per heavy atom. The van der Waals surface area contributed by atoms with Crippen LogP contribution in [0.1, 0.15) is 16.7 Å².